The number of thioether (sulfide) groups is 1. The lowest BCUT2D eigenvalue weighted by Gasteiger charge is -2.30. The van der Waals surface area contributed by atoms with Crippen molar-refractivity contribution < 1.29 is 28.4 Å². The number of hydrogen-bond donors (Lipinski definition) is 1. The molecule has 218 valence electrons. The van der Waals surface area contributed by atoms with E-state index in [-0.39, 0.29) is 17.9 Å². The van der Waals surface area contributed by atoms with E-state index in [0.717, 1.165) is 28.0 Å². The molecule has 3 heterocycles. The van der Waals surface area contributed by atoms with Gasteiger partial charge in [0.1, 0.15) is 23.4 Å². The van der Waals surface area contributed by atoms with Gasteiger partial charge in [0.05, 0.1) is 28.7 Å². The van der Waals surface area contributed by atoms with Crippen LogP contribution >= 0.6 is 23.1 Å². The lowest BCUT2D eigenvalue weighted by atomic mass is 9.83. The number of nitrogens with one attached hydrogen (secondary N) is 1. The second-order valence-corrected chi connectivity index (χ2v) is 11.9. The Balaban J connectivity index is 1.37. The van der Waals surface area contributed by atoms with Crippen LogP contribution in [0.5, 0.6) is 5.75 Å². The Morgan fingerprint density at radius 2 is 1.67 bits per heavy atom. The maximum atomic E-state index is 13.9. The van der Waals surface area contributed by atoms with Gasteiger partial charge in [0.15, 0.2) is 0 Å². The highest BCUT2D eigenvalue weighted by molar-refractivity contribution is 8.00. The molecule has 14 heteroatoms. The van der Waals surface area contributed by atoms with Crippen molar-refractivity contribution in [3.63, 3.8) is 0 Å². The summed E-state index contributed by atoms with van der Waals surface area (Å²) in [7, 11) is 1.52. The Morgan fingerprint density at radius 3 is 2.30 bits per heavy atom. The zero-order chi connectivity index (χ0) is 30.4. The topological polar surface area (TPSA) is 141 Å². The van der Waals surface area contributed by atoms with Crippen LogP contribution in [0.15, 0.2) is 82.6 Å². The second kappa shape index (κ2) is 11.1. The molecule has 4 aromatic rings. The maximum Gasteiger partial charge on any atom is 0.308 e. The Morgan fingerprint density at radius 1 is 1.00 bits per heavy atom. The summed E-state index contributed by atoms with van der Waals surface area (Å²) in [6, 6.07) is 17.2. The Bertz CT molecular complexity index is 1820. The summed E-state index contributed by atoms with van der Waals surface area (Å²) in [6.45, 7) is -0.342. The highest BCUT2D eigenvalue weighted by Gasteiger charge is 2.56. The van der Waals surface area contributed by atoms with Crippen LogP contribution in [0.25, 0.3) is 0 Å². The lowest BCUT2D eigenvalue weighted by molar-refractivity contribution is -0.384. The standard InChI is InChI=1S/C29H21FN4O7S2/c1-41-20-12-6-17(7-13-20)31-21(35)14-32-28-25(43-29(32)38)22(15-2-4-16(30)5-3-15)23-24(42-28)27(37)33(26(23)36)18-8-10-19(11-9-18)34(39)40/h2-13,22-24H,14H2,1H3,(H,31,35)/t22-,23?,24?/m0/s1. The number of ether oxygens (including phenoxy) is 1. The fourth-order valence-corrected chi connectivity index (χ4v) is 8.05. The van der Waals surface area contributed by atoms with Gasteiger partial charge in [-0.05, 0) is 54.1 Å². The first-order valence-corrected chi connectivity index (χ1v) is 14.6. The predicted molar refractivity (Wildman–Crippen MR) is 157 cm³/mol. The van der Waals surface area contributed by atoms with Crippen molar-refractivity contribution in [3.8, 4) is 5.75 Å². The molecule has 3 amide bonds. The van der Waals surface area contributed by atoms with Crippen LogP contribution in [0.3, 0.4) is 0 Å². The average Bonchev–Trinajstić information content (AvgIpc) is 3.44. The third-order valence-corrected chi connectivity index (χ3v) is 9.88. The second-order valence-electron chi connectivity index (χ2n) is 9.78. The van der Waals surface area contributed by atoms with Gasteiger partial charge in [0.2, 0.25) is 17.7 Å². The molecular formula is C29H21FN4O7S2. The van der Waals surface area contributed by atoms with Gasteiger partial charge in [0, 0.05) is 28.6 Å². The Hall–Kier alpha value is -4.82. The fraction of sp³-hybridized carbons (Fsp3) is 0.172. The molecule has 1 saturated heterocycles. The molecule has 1 fully saturated rings. The van der Waals surface area contributed by atoms with Crippen molar-refractivity contribution in [1.82, 2.24) is 4.57 Å². The first-order chi connectivity index (χ1) is 20.7. The number of nitrogens with zero attached hydrogens (tertiary/aromatic N) is 3. The van der Waals surface area contributed by atoms with E-state index in [1.807, 2.05) is 0 Å². The smallest absolute Gasteiger partial charge is 0.308 e. The van der Waals surface area contributed by atoms with Crippen LogP contribution in [0.4, 0.5) is 21.5 Å². The molecule has 1 aromatic heterocycles. The van der Waals surface area contributed by atoms with Gasteiger partial charge < -0.3 is 10.1 Å². The van der Waals surface area contributed by atoms with E-state index in [1.54, 1.807) is 24.3 Å². The van der Waals surface area contributed by atoms with Crippen LogP contribution in [-0.2, 0) is 20.9 Å². The number of carbonyl (C=O) groups excluding carboxylic acids is 3. The minimum absolute atomic E-state index is 0.174. The highest BCUT2D eigenvalue weighted by Crippen LogP contribution is 2.53. The van der Waals surface area contributed by atoms with Crippen LogP contribution in [0, 0.1) is 21.8 Å². The predicted octanol–water partition coefficient (Wildman–Crippen LogP) is 4.40. The molecule has 3 aromatic carbocycles. The molecule has 2 aliphatic rings. The summed E-state index contributed by atoms with van der Waals surface area (Å²) in [5, 5.41) is 13.3. The zero-order valence-electron chi connectivity index (χ0n) is 22.3. The van der Waals surface area contributed by atoms with Crippen LogP contribution in [0.1, 0.15) is 16.4 Å². The molecule has 6 rings (SSSR count). The van der Waals surface area contributed by atoms with Crippen molar-refractivity contribution >= 4 is 57.9 Å². The largest absolute Gasteiger partial charge is 0.497 e. The molecule has 0 radical (unpaired) electrons. The van der Waals surface area contributed by atoms with Crippen molar-refractivity contribution in [2.24, 2.45) is 5.92 Å². The number of aromatic nitrogens is 1. The zero-order valence-corrected chi connectivity index (χ0v) is 23.9. The molecule has 0 spiro atoms. The number of amides is 3. The number of nitro benzene ring substituents is 1. The lowest BCUT2D eigenvalue weighted by Crippen LogP contribution is -2.33. The van der Waals surface area contributed by atoms with Crippen LogP contribution in [0.2, 0.25) is 0 Å². The fourth-order valence-electron chi connectivity index (χ4n) is 5.28. The Kier molecular flexibility index (Phi) is 7.31. The van der Waals surface area contributed by atoms with E-state index in [9.17, 15) is 33.7 Å². The molecule has 1 N–H and O–H groups in total. The summed E-state index contributed by atoms with van der Waals surface area (Å²) in [4.78, 5) is 65.5. The number of thiazole rings is 1. The molecular weight excluding hydrogens is 599 g/mol. The van der Waals surface area contributed by atoms with Gasteiger partial charge in [0.25, 0.3) is 5.69 Å². The number of fused-ring (bicyclic) bond motifs is 2. The summed E-state index contributed by atoms with van der Waals surface area (Å²) in [5.41, 5.74) is 1.00. The van der Waals surface area contributed by atoms with Crippen molar-refractivity contribution in [2.45, 2.75) is 22.7 Å². The molecule has 0 bridgehead atoms. The number of anilines is 2. The molecule has 3 atom stereocenters. The van der Waals surface area contributed by atoms with Crippen molar-refractivity contribution in [1.29, 1.82) is 0 Å². The molecule has 2 unspecified atom stereocenters. The minimum Gasteiger partial charge on any atom is -0.497 e. The normalized spacial score (nSPS) is 19.1. The van der Waals surface area contributed by atoms with Crippen LogP contribution < -0.4 is 19.8 Å². The monoisotopic (exact) mass is 620 g/mol. The molecule has 2 aliphatic heterocycles. The maximum absolute atomic E-state index is 13.9. The van der Waals surface area contributed by atoms with Crippen molar-refractivity contribution in [2.75, 3.05) is 17.3 Å². The summed E-state index contributed by atoms with van der Waals surface area (Å²) < 4.78 is 20.3. The number of carbonyl (C=O) groups is 3. The molecule has 43 heavy (non-hydrogen) atoms. The molecule has 0 saturated carbocycles. The van der Waals surface area contributed by atoms with E-state index in [4.69, 9.17) is 4.74 Å². The van der Waals surface area contributed by atoms with Crippen molar-refractivity contribution in [3.05, 3.63) is 109 Å². The highest BCUT2D eigenvalue weighted by atomic mass is 32.2. The number of halogens is 1. The number of rotatable bonds is 7. The third-order valence-electron chi connectivity index (χ3n) is 7.27. The molecule has 0 aliphatic carbocycles. The number of hydrogen-bond acceptors (Lipinski definition) is 9. The number of imide groups is 1. The van der Waals surface area contributed by atoms with E-state index >= 15 is 0 Å². The number of nitro groups is 1. The first-order valence-electron chi connectivity index (χ1n) is 12.9. The summed E-state index contributed by atoms with van der Waals surface area (Å²) in [5.74, 6) is -3.17. The van der Waals surface area contributed by atoms with Gasteiger partial charge in [-0.3, -0.25) is 33.9 Å². The quantitative estimate of drug-likeness (QED) is 0.182. The summed E-state index contributed by atoms with van der Waals surface area (Å²) >= 11 is 1.90. The SMILES string of the molecule is COc1ccc(NC(=O)Cn2c3c(sc2=O)[C@@H](c2ccc(F)cc2)C2C(=O)N(c4ccc([N+](=O)[O-])cc4)C(=O)C2S3)cc1. The van der Waals surface area contributed by atoms with Gasteiger partial charge in [-0.15, -0.1) is 0 Å². The van der Waals surface area contributed by atoms with Gasteiger partial charge in [-0.2, -0.15) is 0 Å². The van der Waals surface area contributed by atoms with Gasteiger partial charge >= 0.3 is 4.87 Å². The average molecular weight is 621 g/mol. The molecule has 11 nitrogen and oxygen atoms in total. The van der Waals surface area contributed by atoms with Gasteiger partial charge in [-0.25, -0.2) is 9.29 Å². The number of non-ortho nitro benzene ring substituents is 1. The van der Waals surface area contributed by atoms with Crippen LogP contribution in [-0.4, -0.2) is 39.6 Å². The Labute approximate surface area is 251 Å². The minimum atomic E-state index is -0.963. The first kappa shape index (κ1) is 28.3. The van der Waals surface area contributed by atoms with E-state index in [1.165, 1.54) is 60.2 Å². The number of benzene rings is 3. The van der Waals surface area contributed by atoms with E-state index < -0.39 is 50.4 Å². The van der Waals surface area contributed by atoms with Gasteiger partial charge in [-0.1, -0.05) is 35.2 Å². The number of methoxy groups -OCH3 is 1. The van der Waals surface area contributed by atoms with E-state index in [2.05, 4.69) is 5.32 Å². The van der Waals surface area contributed by atoms with E-state index in [0.29, 0.717) is 26.9 Å². The summed E-state index contributed by atoms with van der Waals surface area (Å²) in [6.07, 6.45) is 0. The third kappa shape index (κ3) is 5.08.